The van der Waals surface area contributed by atoms with Crippen LogP contribution in [0.15, 0.2) is 0 Å². The molecule has 0 bridgehead atoms. The van der Waals surface area contributed by atoms with Gasteiger partial charge in [0.1, 0.15) is 0 Å². The van der Waals surface area contributed by atoms with E-state index in [-0.39, 0.29) is 18.0 Å². The highest BCUT2D eigenvalue weighted by molar-refractivity contribution is 5.72. The maximum atomic E-state index is 11.4. The van der Waals surface area contributed by atoms with Gasteiger partial charge in [-0.25, -0.2) is 0 Å². The van der Waals surface area contributed by atoms with Crippen LogP contribution in [0, 0.1) is 5.92 Å². The first-order valence-electron chi connectivity index (χ1n) is 6.54. The molecular weight excluding hydrogens is 218 g/mol. The number of methoxy groups -OCH3 is 1. The van der Waals surface area contributed by atoms with Gasteiger partial charge in [-0.2, -0.15) is 0 Å². The number of esters is 1. The standard InChI is InChI=1S/C13H25NO3/c1-10(13(16)17-3)9-14-7-5-4-6-12(14)8-11(2)15/h10-12,15H,4-9H2,1-3H3. The third-order valence-electron chi connectivity index (χ3n) is 3.47. The predicted molar refractivity (Wildman–Crippen MR) is 66.7 cm³/mol. The van der Waals surface area contributed by atoms with Gasteiger partial charge in [0.15, 0.2) is 0 Å². The molecule has 1 aliphatic heterocycles. The quantitative estimate of drug-likeness (QED) is 0.742. The lowest BCUT2D eigenvalue weighted by Gasteiger charge is -2.37. The zero-order valence-electron chi connectivity index (χ0n) is 11.2. The number of aliphatic hydroxyl groups excluding tert-OH is 1. The van der Waals surface area contributed by atoms with Crippen LogP contribution in [0.1, 0.15) is 39.5 Å². The summed E-state index contributed by atoms with van der Waals surface area (Å²) in [5, 5.41) is 9.49. The maximum Gasteiger partial charge on any atom is 0.309 e. The van der Waals surface area contributed by atoms with E-state index in [0.29, 0.717) is 6.04 Å². The first-order chi connectivity index (χ1) is 8.04. The molecule has 0 aromatic heterocycles. The number of piperidine rings is 1. The number of rotatable bonds is 5. The Morgan fingerprint density at radius 2 is 2.18 bits per heavy atom. The van der Waals surface area contributed by atoms with Gasteiger partial charge >= 0.3 is 5.97 Å². The van der Waals surface area contributed by atoms with Gasteiger partial charge in [-0.1, -0.05) is 13.3 Å². The lowest BCUT2D eigenvalue weighted by molar-refractivity contribution is -0.145. The Kier molecular flexibility index (Phi) is 5.92. The molecule has 1 aliphatic rings. The summed E-state index contributed by atoms with van der Waals surface area (Å²) < 4.78 is 4.75. The molecule has 17 heavy (non-hydrogen) atoms. The van der Waals surface area contributed by atoms with Gasteiger partial charge in [0, 0.05) is 12.6 Å². The first-order valence-corrected chi connectivity index (χ1v) is 6.54. The Morgan fingerprint density at radius 3 is 2.76 bits per heavy atom. The molecule has 3 atom stereocenters. The monoisotopic (exact) mass is 243 g/mol. The number of aliphatic hydroxyl groups is 1. The van der Waals surface area contributed by atoms with Gasteiger partial charge in [0.25, 0.3) is 0 Å². The Morgan fingerprint density at radius 1 is 1.47 bits per heavy atom. The highest BCUT2D eigenvalue weighted by atomic mass is 16.5. The van der Waals surface area contributed by atoms with Crippen LogP contribution in [-0.2, 0) is 9.53 Å². The third kappa shape index (κ3) is 4.64. The maximum absolute atomic E-state index is 11.4. The summed E-state index contributed by atoms with van der Waals surface area (Å²) in [5.74, 6) is -0.235. The van der Waals surface area contributed by atoms with E-state index in [2.05, 4.69) is 4.90 Å². The minimum Gasteiger partial charge on any atom is -0.469 e. The summed E-state index contributed by atoms with van der Waals surface area (Å²) >= 11 is 0. The Bertz CT molecular complexity index is 243. The molecule has 1 heterocycles. The van der Waals surface area contributed by atoms with E-state index in [9.17, 15) is 9.90 Å². The van der Waals surface area contributed by atoms with Crippen LogP contribution in [0.2, 0.25) is 0 Å². The van der Waals surface area contributed by atoms with E-state index in [1.165, 1.54) is 20.0 Å². The number of hydrogen-bond donors (Lipinski definition) is 1. The Balaban J connectivity index is 2.50. The zero-order chi connectivity index (χ0) is 12.8. The van der Waals surface area contributed by atoms with Gasteiger partial charge in [0.2, 0.25) is 0 Å². The smallest absolute Gasteiger partial charge is 0.309 e. The van der Waals surface area contributed by atoms with Gasteiger partial charge in [0.05, 0.1) is 19.1 Å². The first kappa shape index (κ1) is 14.5. The van der Waals surface area contributed by atoms with Crippen LogP contribution in [0.4, 0.5) is 0 Å². The molecule has 4 nitrogen and oxygen atoms in total. The number of hydrogen-bond acceptors (Lipinski definition) is 4. The molecule has 0 aromatic rings. The third-order valence-corrected chi connectivity index (χ3v) is 3.47. The summed E-state index contributed by atoms with van der Waals surface area (Å²) in [5.41, 5.74) is 0. The SMILES string of the molecule is COC(=O)C(C)CN1CCCCC1CC(C)O. The van der Waals surface area contributed by atoms with Crippen molar-refractivity contribution in [3.63, 3.8) is 0 Å². The lowest BCUT2D eigenvalue weighted by Crippen LogP contribution is -2.44. The molecule has 1 saturated heterocycles. The number of nitrogens with zero attached hydrogens (tertiary/aromatic N) is 1. The van der Waals surface area contributed by atoms with Crippen LogP contribution < -0.4 is 0 Å². The van der Waals surface area contributed by atoms with Gasteiger partial charge in [-0.15, -0.1) is 0 Å². The molecule has 1 fully saturated rings. The van der Waals surface area contributed by atoms with E-state index < -0.39 is 0 Å². The second-order valence-corrected chi connectivity index (χ2v) is 5.15. The highest BCUT2D eigenvalue weighted by Crippen LogP contribution is 2.22. The zero-order valence-corrected chi connectivity index (χ0v) is 11.2. The second kappa shape index (κ2) is 6.97. The second-order valence-electron chi connectivity index (χ2n) is 5.15. The molecule has 1 N–H and O–H groups in total. The van der Waals surface area contributed by atoms with Crippen LogP contribution in [0.25, 0.3) is 0 Å². The van der Waals surface area contributed by atoms with Crippen LogP contribution in [0.3, 0.4) is 0 Å². The molecule has 100 valence electrons. The van der Waals surface area contributed by atoms with Crippen LogP contribution in [-0.4, -0.2) is 48.3 Å². The van der Waals surface area contributed by atoms with E-state index in [1.807, 2.05) is 13.8 Å². The van der Waals surface area contributed by atoms with Gasteiger partial charge in [-0.3, -0.25) is 9.69 Å². The van der Waals surface area contributed by atoms with Crippen molar-refractivity contribution in [1.29, 1.82) is 0 Å². The molecule has 0 spiro atoms. The molecule has 0 saturated carbocycles. The lowest BCUT2D eigenvalue weighted by atomic mass is 9.96. The Hall–Kier alpha value is -0.610. The fraction of sp³-hybridized carbons (Fsp3) is 0.923. The van der Waals surface area contributed by atoms with Crippen molar-refractivity contribution in [3.05, 3.63) is 0 Å². The van der Waals surface area contributed by atoms with Crippen LogP contribution in [0.5, 0.6) is 0 Å². The van der Waals surface area contributed by atoms with Crippen molar-refractivity contribution in [3.8, 4) is 0 Å². The number of carbonyl (C=O) groups excluding carboxylic acids is 1. The molecule has 0 radical (unpaired) electrons. The molecular formula is C13H25NO3. The molecule has 4 heteroatoms. The molecule has 3 unspecified atom stereocenters. The van der Waals surface area contributed by atoms with Crippen molar-refractivity contribution < 1.29 is 14.6 Å². The van der Waals surface area contributed by atoms with Crippen molar-refractivity contribution >= 4 is 5.97 Å². The Labute approximate surface area is 104 Å². The van der Waals surface area contributed by atoms with E-state index in [4.69, 9.17) is 4.74 Å². The van der Waals surface area contributed by atoms with E-state index in [1.54, 1.807) is 0 Å². The summed E-state index contributed by atoms with van der Waals surface area (Å²) in [6.45, 7) is 5.50. The summed E-state index contributed by atoms with van der Waals surface area (Å²) in [6, 6.07) is 0.413. The fourth-order valence-corrected chi connectivity index (χ4v) is 2.59. The van der Waals surface area contributed by atoms with Crippen molar-refractivity contribution in [2.75, 3.05) is 20.2 Å². The summed E-state index contributed by atoms with van der Waals surface area (Å²) in [4.78, 5) is 13.7. The fourth-order valence-electron chi connectivity index (χ4n) is 2.59. The topological polar surface area (TPSA) is 49.8 Å². The molecule has 0 amide bonds. The number of carbonyl (C=O) groups is 1. The van der Waals surface area contributed by atoms with Crippen molar-refractivity contribution in [2.45, 2.75) is 51.7 Å². The minimum atomic E-state index is -0.269. The van der Waals surface area contributed by atoms with E-state index >= 15 is 0 Å². The summed E-state index contributed by atoms with van der Waals surface area (Å²) in [7, 11) is 1.43. The molecule has 0 aliphatic carbocycles. The van der Waals surface area contributed by atoms with Gasteiger partial charge in [-0.05, 0) is 32.7 Å². The predicted octanol–water partition coefficient (Wildman–Crippen LogP) is 1.42. The number of ether oxygens (including phenoxy) is 1. The number of likely N-dealkylation sites (tertiary alicyclic amines) is 1. The van der Waals surface area contributed by atoms with Gasteiger partial charge < -0.3 is 9.84 Å². The molecule has 1 rings (SSSR count). The summed E-state index contributed by atoms with van der Waals surface area (Å²) in [6.07, 6.45) is 4.06. The average molecular weight is 243 g/mol. The minimum absolute atomic E-state index is 0.0883. The van der Waals surface area contributed by atoms with Crippen molar-refractivity contribution in [1.82, 2.24) is 4.90 Å². The average Bonchev–Trinajstić information content (AvgIpc) is 2.29. The normalized spacial score (nSPS) is 25.3. The van der Waals surface area contributed by atoms with E-state index in [0.717, 1.165) is 25.9 Å². The molecule has 0 aromatic carbocycles. The van der Waals surface area contributed by atoms with Crippen molar-refractivity contribution in [2.24, 2.45) is 5.92 Å². The highest BCUT2D eigenvalue weighted by Gasteiger charge is 2.26. The largest absolute Gasteiger partial charge is 0.469 e. The van der Waals surface area contributed by atoms with Crippen LogP contribution >= 0.6 is 0 Å².